The van der Waals surface area contributed by atoms with Crippen molar-refractivity contribution in [1.29, 1.82) is 0 Å². The van der Waals surface area contributed by atoms with Crippen LogP contribution in [-0.4, -0.2) is 59.2 Å². The van der Waals surface area contributed by atoms with Crippen molar-refractivity contribution in [1.82, 2.24) is 10.0 Å². The first-order valence-corrected chi connectivity index (χ1v) is 8.78. The molecule has 0 aliphatic carbocycles. The Bertz CT molecular complexity index is 379. The summed E-state index contributed by atoms with van der Waals surface area (Å²) in [6.45, 7) is 3.60. The minimum Gasteiger partial charge on any atom is -0.378 e. The molecular weight excluding hydrogens is 268 g/mol. The van der Waals surface area contributed by atoms with Crippen LogP contribution in [0.3, 0.4) is 0 Å². The number of nitrogens with one attached hydrogen (secondary N) is 2. The summed E-state index contributed by atoms with van der Waals surface area (Å²) in [7, 11) is -3.06. The van der Waals surface area contributed by atoms with Crippen LogP contribution >= 0.6 is 0 Å². The van der Waals surface area contributed by atoms with E-state index in [1.807, 2.05) is 0 Å². The number of hydrogen-bond acceptors (Lipinski definition) is 5. The molecule has 2 N–H and O–H groups in total. The van der Waals surface area contributed by atoms with Crippen LogP contribution in [0.15, 0.2) is 0 Å². The third kappa shape index (κ3) is 5.00. The van der Waals surface area contributed by atoms with Gasteiger partial charge in [0.15, 0.2) is 0 Å². The Hall–Kier alpha value is -0.210. The normalized spacial score (nSPS) is 31.9. The molecule has 2 fully saturated rings. The Kier molecular flexibility index (Phi) is 5.19. The monoisotopic (exact) mass is 292 g/mol. The third-order valence-electron chi connectivity index (χ3n) is 3.71. The second kappa shape index (κ2) is 6.49. The van der Waals surface area contributed by atoms with Gasteiger partial charge in [0.25, 0.3) is 0 Å². The summed E-state index contributed by atoms with van der Waals surface area (Å²) < 4.78 is 35.6. The molecule has 2 rings (SSSR count). The van der Waals surface area contributed by atoms with Crippen LogP contribution in [0.5, 0.6) is 0 Å². The minimum atomic E-state index is -3.06. The van der Waals surface area contributed by atoms with Crippen molar-refractivity contribution in [3.63, 3.8) is 0 Å². The van der Waals surface area contributed by atoms with Gasteiger partial charge in [0.2, 0.25) is 10.0 Å². The molecule has 0 aromatic heterocycles. The first-order chi connectivity index (χ1) is 8.99. The van der Waals surface area contributed by atoms with E-state index in [0.717, 1.165) is 45.4 Å². The molecule has 1 spiro atoms. The van der Waals surface area contributed by atoms with Crippen molar-refractivity contribution in [2.45, 2.75) is 37.3 Å². The second-order valence-corrected chi connectivity index (χ2v) is 7.33. The first kappa shape index (κ1) is 15.2. The Morgan fingerprint density at radius 3 is 2.84 bits per heavy atom. The molecule has 0 saturated carbocycles. The van der Waals surface area contributed by atoms with Crippen LogP contribution < -0.4 is 10.0 Å². The molecule has 2 aliphatic heterocycles. The zero-order valence-electron chi connectivity index (χ0n) is 11.5. The maximum atomic E-state index is 10.9. The molecule has 0 radical (unpaired) electrons. The highest BCUT2D eigenvalue weighted by molar-refractivity contribution is 7.88. The predicted octanol–water partition coefficient (Wildman–Crippen LogP) is -0.147. The number of sulfonamides is 1. The molecule has 2 saturated heterocycles. The van der Waals surface area contributed by atoms with Crippen LogP contribution in [0.4, 0.5) is 0 Å². The standard InChI is InChI=1S/C12H24N2O4S/c1-19(15,16)14-6-2-5-13-11-3-7-18-12(9-11)4-8-17-10-12/h11,13-14H,2-10H2,1H3. The smallest absolute Gasteiger partial charge is 0.208 e. The lowest BCUT2D eigenvalue weighted by molar-refractivity contribution is -0.0892. The molecule has 19 heavy (non-hydrogen) atoms. The second-order valence-electron chi connectivity index (χ2n) is 5.50. The molecule has 0 aromatic carbocycles. The highest BCUT2D eigenvalue weighted by Gasteiger charge is 2.40. The molecule has 112 valence electrons. The molecule has 0 aromatic rings. The van der Waals surface area contributed by atoms with Crippen molar-refractivity contribution >= 4 is 10.0 Å². The van der Waals surface area contributed by atoms with Crippen LogP contribution in [0, 0.1) is 0 Å². The summed E-state index contributed by atoms with van der Waals surface area (Å²) in [5.41, 5.74) is -0.0685. The van der Waals surface area contributed by atoms with Gasteiger partial charge in [0.05, 0.1) is 18.5 Å². The van der Waals surface area contributed by atoms with Crippen LogP contribution in [0.2, 0.25) is 0 Å². The van der Waals surface area contributed by atoms with Gasteiger partial charge in [-0.15, -0.1) is 0 Å². The van der Waals surface area contributed by atoms with Gasteiger partial charge in [-0.25, -0.2) is 13.1 Å². The largest absolute Gasteiger partial charge is 0.378 e. The van der Waals surface area contributed by atoms with Gasteiger partial charge in [-0.2, -0.15) is 0 Å². The summed E-state index contributed by atoms with van der Waals surface area (Å²) in [6.07, 6.45) is 4.98. The van der Waals surface area contributed by atoms with Gasteiger partial charge in [-0.05, 0) is 25.8 Å². The highest BCUT2D eigenvalue weighted by atomic mass is 32.2. The number of ether oxygens (including phenoxy) is 2. The van der Waals surface area contributed by atoms with E-state index in [1.54, 1.807) is 0 Å². The van der Waals surface area contributed by atoms with E-state index in [-0.39, 0.29) is 5.60 Å². The van der Waals surface area contributed by atoms with Crippen molar-refractivity contribution in [2.24, 2.45) is 0 Å². The summed E-state index contributed by atoms with van der Waals surface area (Å²) in [5, 5.41) is 3.49. The molecule has 7 heteroatoms. The zero-order valence-corrected chi connectivity index (χ0v) is 12.3. The fourth-order valence-electron chi connectivity index (χ4n) is 2.72. The van der Waals surface area contributed by atoms with Gasteiger partial charge in [0.1, 0.15) is 0 Å². The fraction of sp³-hybridized carbons (Fsp3) is 1.00. The van der Waals surface area contributed by atoms with E-state index in [0.29, 0.717) is 19.2 Å². The van der Waals surface area contributed by atoms with Crippen molar-refractivity contribution in [3.8, 4) is 0 Å². The van der Waals surface area contributed by atoms with E-state index in [9.17, 15) is 8.42 Å². The zero-order chi connectivity index (χ0) is 13.8. The van der Waals surface area contributed by atoms with Crippen molar-refractivity contribution in [2.75, 3.05) is 39.2 Å². The summed E-state index contributed by atoms with van der Waals surface area (Å²) in [5.74, 6) is 0. The number of hydrogen-bond donors (Lipinski definition) is 2. The molecule has 6 nitrogen and oxygen atoms in total. The Labute approximate surface area is 115 Å². The van der Waals surface area contributed by atoms with Gasteiger partial charge in [-0.1, -0.05) is 0 Å². The van der Waals surface area contributed by atoms with E-state index in [2.05, 4.69) is 10.0 Å². The topological polar surface area (TPSA) is 76.7 Å². The Balaban J connectivity index is 1.63. The molecule has 2 aliphatic rings. The van der Waals surface area contributed by atoms with E-state index in [4.69, 9.17) is 9.47 Å². The average molecular weight is 292 g/mol. The highest BCUT2D eigenvalue weighted by Crippen LogP contribution is 2.32. The van der Waals surface area contributed by atoms with Crippen LogP contribution in [-0.2, 0) is 19.5 Å². The lowest BCUT2D eigenvalue weighted by atomic mass is 9.89. The third-order valence-corrected chi connectivity index (χ3v) is 4.44. The van der Waals surface area contributed by atoms with Gasteiger partial charge >= 0.3 is 0 Å². The van der Waals surface area contributed by atoms with E-state index < -0.39 is 10.0 Å². The maximum absolute atomic E-state index is 10.9. The molecule has 0 amide bonds. The van der Waals surface area contributed by atoms with Gasteiger partial charge in [0, 0.05) is 32.2 Å². The number of rotatable bonds is 6. The molecule has 2 atom stereocenters. The quantitative estimate of drug-likeness (QED) is 0.666. The lowest BCUT2D eigenvalue weighted by Gasteiger charge is -2.37. The molecular formula is C12H24N2O4S. The summed E-state index contributed by atoms with van der Waals surface area (Å²) in [6, 6.07) is 0.452. The molecule has 2 unspecified atom stereocenters. The van der Waals surface area contributed by atoms with E-state index >= 15 is 0 Å². The Morgan fingerprint density at radius 1 is 1.32 bits per heavy atom. The van der Waals surface area contributed by atoms with Crippen LogP contribution in [0.25, 0.3) is 0 Å². The molecule has 0 bridgehead atoms. The first-order valence-electron chi connectivity index (χ1n) is 6.89. The Morgan fingerprint density at radius 2 is 2.16 bits per heavy atom. The van der Waals surface area contributed by atoms with Gasteiger partial charge < -0.3 is 14.8 Å². The van der Waals surface area contributed by atoms with Gasteiger partial charge in [-0.3, -0.25) is 0 Å². The summed E-state index contributed by atoms with van der Waals surface area (Å²) >= 11 is 0. The fourth-order valence-corrected chi connectivity index (χ4v) is 3.23. The SMILES string of the molecule is CS(=O)(=O)NCCCNC1CCOC2(CCOC2)C1. The van der Waals surface area contributed by atoms with Crippen LogP contribution in [0.1, 0.15) is 25.7 Å². The average Bonchev–Trinajstić information content (AvgIpc) is 2.75. The van der Waals surface area contributed by atoms with Crippen molar-refractivity contribution in [3.05, 3.63) is 0 Å². The molecule has 2 heterocycles. The van der Waals surface area contributed by atoms with E-state index in [1.165, 1.54) is 6.26 Å². The lowest BCUT2D eigenvalue weighted by Crippen LogP contribution is -2.47. The summed E-state index contributed by atoms with van der Waals surface area (Å²) in [4.78, 5) is 0. The van der Waals surface area contributed by atoms with Crippen molar-refractivity contribution < 1.29 is 17.9 Å². The minimum absolute atomic E-state index is 0.0685. The maximum Gasteiger partial charge on any atom is 0.208 e. The predicted molar refractivity (Wildman–Crippen MR) is 72.6 cm³/mol.